The number of carbonyl (C=O) groups is 2. The van der Waals surface area contributed by atoms with Gasteiger partial charge in [0.25, 0.3) is 0 Å². The van der Waals surface area contributed by atoms with Crippen LogP contribution in [-0.2, 0) is 16.0 Å². The van der Waals surface area contributed by atoms with Crippen LogP contribution in [-0.4, -0.2) is 41.8 Å². The Morgan fingerprint density at radius 2 is 1.76 bits per heavy atom. The molecule has 7 heteroatoms. The molecule has 1 unspecified atom stereocenters. The third-order valence-electron chi connectivity index (χ3n) is 4.76. The molecule has 0 spiro atoms. The van der Waals surface area contributed by atoms with Crippen LogP contribution in [0.2, 0.25) is 0 Å². The van der Waals surface area contributed by atoms with Crippen molar-refractivity contribution in [3.05, 3.63) is 72.4 Å². The lowest BCUT2D eigenvalue weighted by Gasteiger charge is -2.23. The van der Waals surface area contributed by atoms with Crippen LogP contribution in [0.4, 0.5) is 4.79 Å². The zero-order chi connectivity index (χ0) is 23.7. The molecule has 3 aromatic rings. The van der Waals surface area contributed by atoms with Gasteiger partial charge in [0.1, 0.15) is 22.9 Å². The molecule has 0 aliphatic rings. The molecule has 0 saturated heterocycles. The van der Waals surface area contributed by atoms with E-state index in [9.17, 15) is 9.59 Å². The predicted octanol–water partition coefficient (Wildman–Crippen LogP) is 4.26. The van der Waals surface area contributed by atoms with E-state index < -0.39 is 17.7 Å². The summed E-state index contributed by atoms with van der Waals surface area (Å²) in [6.07, 6.45) is 2.09. The fourth-order valence-electron chi connectivity index (χ4n) is 3.29. The lowest BCUT2D eigenvalue weighted by molar-refractivity contribution is -0.123. The number of hydrogen-bond acceptors (Lipinski definition) is 5. The second-order valence-corrected chi connectivity index (χ2v) is 8.71. The van der Waals surface area contributed by atoms with Crippen molar-refractivity contribution in [2.75, 3.05) is 13.2 Å². The quantitative estimate of drug-likeness (QED) is 0.477. The number of rotatable bonds is 9. The first-order valence-electron chi connectivity index (χ1n) is 11.1. The molecule has 2 N–H and O–H groups in total. The standard InChI is InChI=1S/C26H31N3O4/c1-26(2,3)33-25(31)29-21(18-19-10-5-4-6-11-19)24(30)28-16-9-17-32-22-14-7-12-20-13-8-15-27-23(20)22/h4-8,10-15,21H,9,16-18H2,1-3H3,(H,28,30)(H,29,31). The van der Waals surface area contributed by atoms with Crippen LogP contribution in [0.25, 0.3) is 10.9 Å². The van der Waals surface area contributed by atoms with Crippen molar-refractivity contribution in [2.24, 2.45) is 0 Å². The molecule has 0 bridgehead atoms. The number of carbonyl (C=O) groups excluding carboxylic acids is 2. The van der Waals surface area contributed by atoms with E-state index in [0.29, 0.717) is 31.7 Å². The summed E-state index contributed by atoms with van der Waals surface area (Å²) in [5.41, 5.74) is 1.11. The summed E-state index contributed by atoms with van der Waals surface area (Å²) in [5, 5.41) is 6.60. The Morgan fingerprint density at radius 1 is 1.00 bits per heavy atom. The lowest BCUT2D eigenvalue weighted by Crippen LogP contribution is -2.49. The summed E-state index contributed by atoms with van der Waals surface area (Å²) in [5.74, 6) is 0.449. The molecular weight excluding hydrogens is 418 g/mol. The third-order valence-corrected chi connectivity index (χ3v) is 4.76. The zero-order valence-electron chi connectivity index (χ0n) is 19.3. The number of fused-ring (bicyclic) bond motifs is 1. The summed E-state index contributed by atoms with van der Waals surface area (Å²) in [4.78, 5) is 29.5. The third kappa shape index (κ3) is 7.79. The average Bonchev–Trinajstić information content (AvgIpc) is 2.78. The van der Waals surface area contributed by atoms with E-state index in [2.05, 4.69) is 15.6 Å². The van der Waals surface area contributed by atoms with Crippen molar-refractivity contribution in [3.8, 4) is 5.75 Å². The van der Waals surface area contributed by atoms with Crippen molar-refractivity contribution in [2.45, 2.75) is 45.3 Å². The number of para-hydroxylation sites is 1. The SMILES string of the molecule is CC(C)(C)OC(=O)NC(Cc1ccccc1)C(=O)NCCCOc1cccc2cccnc12. The summed E-state index contributed by atoms with van der Waals surface area (Å²) in [6, 6.07) is 18.5. The summed E-state index contributed by atoms with van der Waals surface area (Å²) in [6.45, 7) is 6.19. The smallest absolute Gasteiger partial charge is 0.408 e. The van der Waals surface area contributed by atoms with Crippen LogP contribution in [0.5, 0.6) is 5.75 Å². The van der Waals surface area contributed by atoms with Crippen LogP contribution < -0.4 is 15.4 Å². The van der Waals surface area contributed by atoms with E-state index in [4.69, 9.17) is 9.47 Å². The molecule has 7 nitrogen and oxygen atoms in total. The summed E-state index contributed by atoms with van der Waals surface area (Å²) in [7, 11) is 0. The molecule has 1 heterocycles. The van der Waals surface area contributed by atoms with Gasteiger partial charge in [0.05, 0.1) is 6.61 Å². The molecule has 0 aliphatic heterocycles. The highest BCUT2D eigenvalue weighted by Gasteiger charge is 2.24. The molecule has 0 fully saturated rings. The highest BCUT2D eigenvalue weighted by molar-refractivity contribution is 5.86. The first-order chi connectivity index (χ1) is 15.8. The van der Waals surface area contributed by atoms with Crippen LogP contribution in [0, 0.1) is 0 Å². The van der Waals surface area contributed by atoms with E-state index in [1.807, 2.05) is 60.7 Å². The van der Waals surface area contributed by atoms with Gasteiger partial charge >= 0.3 is 6.09 Å². The molecule has 0 aliphatic carbocycles. The van der Waals surface area contributed by atoms with E-state index in [-0.39, 0.29) is 5.91 Å². The number of benzene rings is 2. The second kappa shape index (κ2) is 11.3. The van der Waals surface area contributed by atoms with Gasteiger partial charge in [-0.25, -0.2) is 4.79 Å². The van der Waals surface area contributed by atoms with Crippen molar-refractivity contribution in [1.82, 2.24) is 15.6 Å². The Bertz CT molecular complexity index is 1060. The highest BCUT2D eigenvalue weighted by Crippen LogP contribution is 2.22. The minimum atomic E-state index is -0.745. The average molecular weight is 450 g/mol. The normalized spacial score (nSPS) is 12.1. The van der Waals surface area contributed by atoms with Gasteiger partial charge in [-0.2, -0.15) is 0 Å². The van der Waals surface area contributed by atoms with Crippen LogP contribution >= 0.6 is 0 Å². The van der Waals surface area contributed by atoms with Crippen molar-refractivity contribution in [3.63, 3.8) is 0 Å². The number of aromatic nitrogens is 1. The maximum atomic E-state index is 12.8. The maximum absolute atomic E-state index is 12.8. The molecule has 0 saturated carbocycles. The minimum Gasteiger partial charge on any atom is -0.491 e. The fourth-order valence-corrected chi connectivity index (χ4v) is 3.29. The largest absolute Gasteiger partial charge is 0.491 e. The number of hydrogen-bond donors (Lipinski definition) is 2. The first-order valence-corrected chi connectivity index (χ1v) is 11.1. The number of alkyl carbamates (subject to hydrolysis) is 1. The fraction of sp³-hybridized carbons (Fsp3) is 0.346. The van der Waals surface area contributed by atoms with Crippen molar-refractivity contribution >= 4 is 22.9 Å². The number of nitrogens with one attached hydrogen (secondary N) is 2. The molecular formula is C26H31N3O4. The molecule has 2 amide bonds. The van der Waals surface area contributed by atoms with E-state index in [1.165, 1.54) is 0 Å². The second-order valence-electron chi connectivity index (χ2n) is 8.71. The van der Waals surface area contributed by atoms with Gasteiger partial charge in [0, 0.05) is 24.5 Å². The van der Waals surface area contributed by atoms with Gasteiger partial charge < -0.3 is 20.1 Å². The van der Waals surface area contributed by atoms with E-state index in [1.54, 1.807) is 27.0 Å². The molecule has 1 aromatic heterocycles. The van der Waals surface area contributed by atoms with Gasteiger partial charge in [-0.1, -0.05) is 48.5 Å². The van der Waals surface area contributed by atoms with Gasteiger partial charge in [-0.3, -0.25) is 9.78 Å². The molecule has 33 heavy (non-hydrogen) atoms. The molecule has 174 valence electrons. The van der Waals surface area contributed by atoms with Crippen molar-refractivity contribution < 1.29 is 19.1 Å². The Labute approximate surface area is 194 Å². The Hall–Kier alpha value is -3.61. The summed E-state index contributed by atoms with van der Waals surface area (Å²) < 4.78 is 11.2. The molecule has 2 aromatic carbocycles. The van der Waals surface area contributed by atoms with Crippen LogP contribution in [0.3, 0.4) is 0 Å². The van der Waals surface area contributed by atoms with Gasteiger partial charge in [0.2, 0.25) is 5.91 Å². The Morgan fingerprint density at radius 3 is 2.52 bits per heavy atom. The molecule has 3 rings (SSSR count). The number of nitrogens with zero attached hydrogens (tertiary/aromatic N) is 1. The highest BCUT2D eigenvalue weighted by atomic mass is 16.6. The number of ether oxygens (including phenoxy) is 2. The van der Waals surface area contributed by atoms with Gasteiger partial charge in [0.15, 0.2) is 0 Å². The minimum absolute atomic E-state index is 0.267. The zero-order valence-corrected chi connectivity index (χ0v) is 19.3. The number of amides is 2. The summed E-state index contributed by atoms with van der Waals surface area (Å²) >= 11 is 0. The van der Waals surface area contributed by atoms with Gasteiger partial charge in [-0.05, 0) is 44.9 Å². The van der Waals surface area contributed by atoms with Crippen molar-refractivity contribution in [1.29, 1.82) is 0 Å². The molecule has 0 radical (unpaired) electrons. The Balaban J connectivity index is 1.52. The van der Waals surface area contributed by atoms with E-state index in [0.717, 1.165) is 16.5 Å². The molecule has 1 atom stereocenters. The van der Waals surface area contributed by atoms with Gasteiger partial charge in [-0.15, -0.1) is 0 Å². The monoisotopic (exact) mass is 449 g/mol. The number of pyridine rings is 1. The maximum Gasteiger partial charge on any atom is 0.408 e. The first kappa shape index (κ1) is 24.0. The van der Waals surface area contributed by atoms with Crippen LogP contribution in [0.15, 0.2) is 66.9 Å². The topological polar surface area (TPSA) is 89.5 Å². The van der Waals surface area contributed by atoms with E-state index >= 15 is 0 Å². The lowest BCUT2D eigenvalue weighted by atomic mass is 10.1. The predicted molar refractivity (Wildman–Crippen MR) is 128 cm³/mol. The van der Waals surface area contributed by atoms with Crippen LogP contribution in [0.1, 0.15) is 32.8 Å². The Kier molecular flexibility index (Phi) is 8.24.